The van der Waals surface area contributed by atoms with Gasteiger partial charge in [0.05, 0.1) is 17.8 Å². The zero-order valence-corrected chi connectivity index (χ0v) is 12.6. The third-order valence-electron chi connectivity index (χ3n) is 3.41. The molecule has 0 spiro atoms. The SMILES string of the molecule is CN(C)C(=O)c1ccccc1NC(=O)CN1CCNCC1. The summed E-state index contributed by atoms with van der Waals surface area (Å²) in [6.45, 7) is 3.90. The Kier molecular flexibility index (Phi) is 5.30. The van der Waals surface area contributed by atoms with E-state index in [1.165, 1.54) is 4.90 Å². The number of rotatable bonds is 4. The number of nitrogens with one attached hydrogen (secondary N) is 2. The fourth-order valence-electron chi connectivity index (χ4n) is 2.28. The number of carbonyl (C=O) groups excluding carboxylic acids is 2. The fourth-order valence-corrected chi connectivity index (χ4v) is 2.28. The maximum Gasteiger partial charge on any atom is 0.255 e. The van der Waals surface area contributed by atoms with E-state index in [0.29, 0.717) is 17.8 Å². The van der Waals surface area contributed by atoms with Gasteiger partial charge in [-0.15, -0.1) is 0 Å². The molecule has 0 atom stereocenters. The van der Waals surface area contributed by atoms with Crippen molar-refractivity contribution in [3.8, 4) is 0 Å². The monoisotopic (exact) mass is 290 g/mol. The van der Waals surface area contributed by atoms with Crippen LogP contribution in [0.15, 0.2) is 24.3 Å². The summed E-state index contributed by atoms with van der Waals surface area (Å²) in [6, 6.07) is 7.09. The van der Waals surface area contributed by atoms with Gasteiger partial charge >= 0.3 is 0 Å². The highest BCUT2D eigenvalue weighted by Gasteiger charge is 2.17. The molecule has 6 nitrogen and oxygen atoms in total. The van der Waals surface area contributed by atoms with Crippen LogP contribution in [0.1, 0.15) is 10.4 Å². The molecule has 1 aromatic carbocycles. The highest BCUT2D eigenvalue weighted by atomic mass is 16.2. The third kappa shape index (κ3) is 4.27. The summed E-state index contributed by atoms with van der Waals surface area (Å²) in [5, 5.41) is 6.10. The molecular formula is C15H22N4O2. The van der Waals surface area contributed by atoms with Crippen molar-refractivity contribution in [3.63, 3.8) is 0 Å². The van der Waals surface area contributed by atoms with Gasteiger partial charge in [0.1, 0.15) is 0 Å². The van der Waals surface area contributed by atoms with Crippen molar-refractivity contribution in [2.24, 2.45) is 0 Å². The standard InChI is InChI=1S/C15H22N4O2/c1-18(2)15(21)12-5-3-4-6-13(12)17-14(20)11-19-9-7-16-8-10-19/h3-6,16H,7-11H2,1-2H3,(H,17,20). The number of anilines is 1. The Labute approximate surface area is 125 Å². The van der Waals surface area contributed by atoms with Crippen molar-refractivity contribution in [3.05, 3.63) is 29.8 Å². The van der Waals surface area contributed by atoms with E-state index in [0.717, 1.165) is 26.2 Å². The van der Waals surface area contributed by atoms with Gasteiger partial charge in [-0.3, -0.25) is 14.5 Å². The van der Waals surface area contributed by atoms with Gasteiger partial charge in [0, 0.05) is 40.3 Å². The minimum atomic E-state index is -0.118. The molecule has 0 radical (unpaired) electrons. The van der Waals surface area contributed by atoms with Gasteiger partial charge in [-0.2, -0.15) is 0 Å². The molecule has 1 fully saturated rings. The van der Waals surface area contributed by atoms with Crippen LogP contribution in [0.4, 0.5) is 5.69 Å². The zero-order chi connectivity index (χ0) is 15.2. The van der Waals surface area contributed by atoms with E-state index in [2.05, 4.69) is 15.5 Å². The van der Waals surface area contributed by atoms with Crippen LogP contribution in [0.5, 0.6) is 0 Å². The summed E-state index contributed by atoms with van der Waals surface area (Å²) < 4.78 is 0. The van der Waals surface area contributed by atoms with Gasteiger partial charge in [0.25, 0.3) is 5.91 Å². The number of amides is 2. The van der Waals surface area contributed by atoms with E-state index in [1.807, 2.05) is 6.07 Å². The molecule has 21 heavy (non-hydrogen) atoms. The van der Waals surface area contributed by atoms with Crippen LogP contribution in [-0.2, 0) is 4.79 Å². The quantitative estimate of drug-likeness (QED) is 0.833. The largest absolute Gasteiger partial charge is 0.345 e. The Balaban J connectivity index is 2.01. The lowest BCUT2D eigenvalue weighted by Gasteiger charge is -2.26. The number of nitrogens with zero attached hydrogens (tertiary/aromatic N) is 2. The van der Waals surface area contributed by atoms with Gasteiger partial charge in [0.15, 0.2) is 0 Å². The van der Waals surface area contributed by atoms with Crippen LogP contribution >= 0.6 is 0 Å². The summed E-state index contributed by atoms with van der Waals surface area (Å²) >= 11 is 0. The maximum atomic E-state index is 12.1. The van der Waals surface area contributed by atoms with E-state index < -0.39 is 0 Å². The van der Waals surface area contributed by atoms with E-state index in [-0.39, 0.29) is 11.8 Å². The van der Waals surface area contributed by atoms with Crippen molar-refractivity contribution in [2.45, 2.75) is 0 Å². The number of piperazine rings is 1. The molecule has 1 aromatic rings. The molecule has 1 heterocycles. The molecule has 0 unspecified atom stereocenters. The highest BCUT2D eigenvalue weighted by molar-refractivity contribution is 6.03. The van der Waals surface area contributed by atoms with Crippen LogP contribution in [0, 0.1) is 0 Å². The van der Waals surface area contributed by atoms with Crippen molar-refractivity contribution in [1.82, 2.24) is 15.1 Å². The molecule has 2 rings (SSSR count). The van der Waals surface area contributed by atoms with Crippen LogP contribution in [0.3, 0.4) is 0 Å². The number of hydrogen-bond donors (Lipinski definition) is 2. The predicted molar refractivity (Wildman–Crippen MR) is 82.4 cm³/mol. The third-order valence-corrected chi connectivity index (χ3v) is 3.41. The van der Waals surface area contributed by atoms with Crippen LogP contribution in [0.2, 0.25) is 0 Å². The molecule has 1 aliphatic rings. The molecule has 0 aromatic heterocycles. The van der Waals surface area contributed by atoms with Crippen molar-refractivity contribution >= 4 is 17.5 Å². The van der Waals surface area contributed by atoms with Crippen LogP contribution in [-0.4, -0.2) is 68.4 Å². The number of hydrogen-bond acceptors (Lipinski definition) is 4. The minimum Gasteiger partial charge on any atom is -0.345 e. The molecule has 0 aliphatic carbocycles. The number of carbonyl (C=O) groups is 2. The highest BCUT2D eigenvalue weighted by Crippen LogP contribution is 2.16. The Morgan fingerprint density at radius 3 is 2.57 bits per heavy atom. The lowest BCUT2D eigenvalue weighted by molar-refractivity contribution is -0.117. The molecular weight excluding hydrogens is 268 g/mol. The van der Waals surface area contributed by atoms with Gasteiger partial charge in [-0.25, -0.2) is 0 Å². The average Bonchev–Trinajstić information content (AvgIpc) is 2.48. The summed E-state index contributed by atoms with van der Waals surface area (Å²) in [7, 11) is 3.39. The van der Waals surface area contributed by atoms with Gasteiger partial charge in [0.2, 0.25) is 5.91 Å². The van der Waals surface area contributed by atoms with E-state index in [9.17, 15) is 9.59 Å². The van der Waals surface area contributed by atoms with Crippen LogP contribution < -0.4 is 10.6 Å². The second kappa shape index (κ2) is 7.19. The van der Waals surface area contributed by atoms with E-state index in [1.54, 1.807) is 32.3 Å². The smallest absolute Gasteiger partial charge is 0.255 e. The second-order valence-corrected chi connectivity index (χ2v) is 5.32. The zero-order valence-electron chi connectivity index (χ0n) is 12.6. The molecule has 114 valence electrons. The Morgan fingerprint density at radius 1 is 1.24 bits per heavy atom. The van der Waals surface area contributed by atoms with Crippen molar-refractivity contribution in [1.29, 1.82) is 0 Å². The normalized spacial score (nSPS) is 15.5. The van der Waals surface area contributed by atoms with Crippen LogP contribution in [0.25, 0.3) is 0 Å². The summed E-state index contributed by atoms with van der Waals surface area (Å²) in [6.07, 6.45) is 0. The number of para-hydroxylation sites is 1. The topological polar surface area (TPSA) is 64.7 Å². The molecule has 0 bridgehead atoms. The summed E-state index contributed by atoms with van der Waals surface area (Å²) in [4.78, 5) is 27.8. The Hall–Kier alpha value is -1.92. The predicted octanol–water partition coefficient (Wildman–Crippen LogP) is 0.232. The summed E-state index contributed by atoms with van der Waals surface area (Å²) in [5.74, 6) is -0.205. The molecule has 1 saturated heterocycles. The first-order valence-corrected chi connectivity index (χ1v) is 7.11. The maximum absolute atomic E-state index is 12.1. The lowest BCUT2D eigenvalue weighted by Crippen LogP contribution is -2.46. The molecule has 2 amide bonds. The van der Waals surface area contributed by atoms with E-state index in [4.69, 9.17) is 0 Å². The average molecular weight is 290 g/mol. The Morgan fingerprint density at radius 2 is 1.90 bits per heavy atom. The van der Waals surface area contributed by atoms with Gasteiger partial charge < -0.3 is 15.5 Å². The first-order valence-electron chi connectivity index (χ1n) is 7.11. The van der Waals surface area contributed by atoms with Crippen molar-refractivity contribution < 1.29 is 9.59 Å². The molecule has 2 N–H and O–H groups in total. The first-order chi connectivity index (χ1) is 10.1. The summed E-state index contributed by atoms with van der Waals surface area (Å²) in [5.41, 5.74) is 1.08. The first kappa shape index (κ1) is 15.5. The van der Waals surface area contributed by atoms with Gasteiger partial charge in [-0.05, 0) is 12.1 Å². The Bertz CT molecular complexity index is 510. The van der Waals surface area contributed by atoms with Gasteiger partial charge in [-0.1, -0.05) is 12.1 Å². The lowest BCUT2D eigenvalue weighted by atomic mass is 10.1. The fraction of sp³-hybridized carbons (Fsp3) is 0.467. The van der Waals surface area contributed by atoms with Crippen molar-refractivity contribution in [2.75, 3.05) is 52.1 Å². The minimum absolute atomic E-state index is 0.0871. The number of benzene rings is 1. The second-order valence-electron chi connectivity index (χ2n) is 5.32. The molecule has 1 aliphatic heterocycles. The molecule has 6 heteroatoms. The molecule has 0 saturated carbocycles. The van der Waals surface area contributed by atoms with E-state index >= 15 is 0 Å².